The summed E-state index contributed by atoms with van der Waals surface area (Å²) in [6.45, 7) is 1.61. The lowest BCUT2D eigenvalue weighted by Crippen LogP contribution is -2.40. The van der Waals surface area contributed by atoms with E-state index in [1.165, 1.54) is 23.7 Å². The molecule has 0 N–H and O–H groups in total. The van der Waals surface area contributed by atoms with Gasteiger partial charge in [0.2, 0.25) is 5.91 Å². The van der Waals surface area contributed by atoms with E-state index in [9.17, 15) is 9.59 Å². The number of carbonyl (C=O) groups is 2. The van der Waals surface area contributed by atoms with Crippen molar-refractivity contribution in [3.63, 3.8) is 0 Å². The largest absolute Gasteiger partial charge is 0.463 e. The van der Waals surface area contributed by atoms with Gasteiger partial charge in [-0.2, -0.15) is 0 Å². The van der Waals surface area contributed by atoms with Crippen LogP contribution in [-0.2, 0) is 22.5 Å². The Morgan fingerprint density at radius 3 is 2.60 bits per heavy atom. The van der Waals surface area contributed by atoms with Gasteiger partial charge in [0.25, 0.3) is 5.82 Å². The highest BCUT2D eigenvalue weighted by atomic mass is 16.5. The van der Waals surface area contributed by atoms with Gasteiger partial charge in [0.1, 0.15) is 12.9 Å². The molecule has 2 heterocycles. The van der Waals surface area contributed by atoms with E-state index in [1.54, 1.807) is 0 Å². The van der Waals surface area contributed by atoms with Gasteiger partial charge in [-0.3, -0.25) is 4.79 Å². The molecule has 1 aliphatic heterocycles. The maximum atomic E-state index is 12.4. The van der Waals surface area contributed by atoms with E-state index in [4.69, 9.17) is 0 Å². The van der Waals surface area contributed by atoms with Crippen molar-refractivity contribution in [1.82, 2.24) is 19.7 Å². The lowest BCUT2D eigenvalue weighted by atomic mass is 9.90. The van der Waals surface area contributed by atoms with Crippen molar-refractivity contribution in [2.24, 2.45) is 5.92 Å². The van der Waals surface area contributed by atoms with Gasteiger partial charge in [0.05, 0.1) is 7.11 Å². The highest BCUT2D eigenvalue weighted by molar-refractivity contribution is 5.84. The quantitative estimate of drug-likeness (QED) is 0.771. The molecule has 25 heavy (non-hydrogen) atoms. The Kier molecular flexibility index (Phi) is 5.42. The maximum Gasteiger partial charge on any atom is 0.377 e. The number of ether oxygens (including phenoxy) is 1. The molecule has 0 radical (unpaired) electrons. The molecule has 0 unspecified atom stereocenters. The lowest BCUT2D eigenvalue weighted by Gasteiger charge is -2.32. The normalized spacial score (nSPS) is 15.2. The smallest absolute Gasteiger partial charge is 0.377 e. The molecule has 1 aromatic heterocycles. The molecule has 0 bridgehead atoms. The number of hydrogen-bond donors (Lipinski definition) is 0. The standard InChI is InChI=1S/C18H22N4O3/c1-25-18(24)17-19-13-22(20-17)12-16(23)21-9-7-15(8-10-21)11-14-5-3-2-4-6-14/h2-6,13,15H,7-12H2,1H3. The van der Waals surface area contributed by atoms with Gasteiger partial charge in [-0.25, -0.2) is 14.5 Å². The van der Waals surface area contributed by atoms with Crippen LogP contribution in [-0.4, -0.2) is 51.7 Å². The van der Waals surface area contributed by atoms with Crippen LogP contribution in [0, 0.1) is 5.92 Å². The van der Waals surface area contributed by atoms with Gasteiger partial charge in [-0.05, 0) is 30.7 Å². The van der Waals surface area contributed by atoms with Gasteiger partial charge in [-0.1, -0.05) is 30.3 Å². The molecule has 0 aliphatic carbocycles. The van der Waals surface area contributed by atoms with Crippen LogP contribution in [0.2, 0.25) is 0 Å². The summed E-state index contributed by atoms with van der Waals surface area (Å²) in [5.41, 5.74) is 1.35. The molecule has 7 nitrogen and oxygen atoms in total. The lowest BCUT2D eigenvalue weighted by molar-refractivity contribution is -0.133. The molecule has 1 aliphatic rings. The molecule has 1 fully saturated rings. The fourth-order valence-electron chi connectivity index (χ4n) is 3.13. The Morgan fingerprint density at radius 2 is 1.92 bits per heavy atom. The molecule has 132 valence electrons. The zero-order chi connectivity index (χ0) is 17.6. The topological polar surface area (TPSA) is 77.3 Å². The molecule has 1 saturated heterocycles. The molecule has 3 rings (SSSR count). The number of amides is 1. The monoisotopic (exact) mass is 342 g/mol. The minimum Gasteiger partial charge on any atom is -0.463 e. The maximum absolute atomic E-state index is 12.4. The third-order valence-corrected chi connectivity index (χ3v) is 4.54. The number of esters is 1. The molecule has 0 saturated carbocycles. The number of piperidine rings is 1. The highest BCUT2D eigenvalue weighted by Crippen LogP contribution is 2.21. The van der Waals surface area contributed by atoms with Crippen LogP contribution >= 0.6 is 0 Å². The number of nitrogens with zero attached hydrogens (tertiary/aromatic N) is 4. The minimum absolute atomic E-state index is 0.000484. The first kappa shape index (κ1) is 17.1. The molecular formula is C18H22N4O3. The van der Waals surface area contributed by atoms with Crippen molar-refractivity contribution < 1.29 is 14.3 Å². The number of hydrogen-bond acceptors (Lipinski definition) is 5. The summed E-state index contributed by atoms with van der Waals surface area (Å²) in [7, 11) is 1.27. The van der Waals surface area contributed by atoms with Crippen molar-refractivity contribution in [2.75, 3.05) is 20.2 Å². The van der Waals surface area contributed by atoms with Crippen molar-refractivity contribution >= 4 is 11.9 Å². The predicted octanol–water partition coefficient (Wildman–Crippen LogP) is 1.55. The predicted molar refractivity (Wildman–Crippen MR) is 90.8 cm³/mol. The number of rotatable bonds is 5. The molecule has 2 aromatic rings. The van der Waals surface area contributed by atoms with Crippen LogP contribution in [0.5, 0.6) is 0 Å². The van der Waals surface area contributed by atoms with Gasteiger partial charge < -0.3 is 9.64 Å². The first-order valence-electron chi connectivity index (χ1n) is 8.45. The van der Waals surface area contributed by atoms with Crippen molar-refractivity contribution in [3.05, 3.63) is 48.0 Å². The van der Waals surface area contributed by atoms with E-state index in [1.807, 2.05) is 11.0 Å². The van der Waals surface area contributed by atoms with Gasteiger partial charge >= 0.3 is 5.97 Å². The second-order valence-corrected chi connectivity index (χ2v) is 6.27. The van der Waals surface area contributed by atoms with Crippen molar-refractivity contribution in [2.45, 2.75) is 25.8 Å². The first-order chi connectivity index (χ1) is 12.2. The number of methoxy groups -OCH3 is 1. The van der Waals surface area contributed by atoms with E-state index < -0.39 is 5.97 Å². The second-order valence-electron chi connectivity index (χ2n) is 6.27. The number of benzene rings is 1. The Hall–Kier alpha value is -2.70. The van der Waals surface area contributed by atoms with Gasteiger partial charge in [0, 0.05) is 13.1 Å². The number of carbonyl (C=O) groups excluding carboxylic acids is 2. The third kappa shape index (κ3) is 4.43. The second kappa shape index (κ2) is 7.92. The van der Waals surface area contributed by atoms with Crippen LogP contribution in [0.15, 0.2) is 36.7 Å². The molecule has 1 aromatic carbocycles. The zero-order valence-corrected chi connectivity index (χ0v) is 14.3. The zero-order valence-electron chi connectivity index (χ0n) is 14.3. The Labute approximate surface area is 146 Å². The molecule has 0 atom stereocenters. The van der Waals surface area contributed by atoms with E-state index in [0.29, 0.717) is 5.92 Å². The van der Waals surface area contributed by atoms with Crippen molar-refractivity contribution in [1.29, 1.82) is 0 Å². The van der Waals surface area contributed by atoms with Gasteiger partial charge in [0.15, 0.2) is 0 Å². The number of likely N-dealkylation sites (tertiary alicyclic amines) is 1. The van der Waals surface area contributed by atoms with Crippen LogP contribution in [0.3, 0.4) is 0 Å². The van der Waals surface area contributed by atoms with Gasteiger partial charge in [-0.15, -0.1) is 5.10 Å². The Morgan fingerprint density at radius 1 is 1.20 bits per heavy atom. The third-order valence-electron chi connectivity index (χ3n) is 4.54. The summed E-state index contributed by atoms with van der Waals surface area (Å²) in [5.74, 6) is -0.0204. The number of aromatic nitrogens is 3. The Bertz CT molecular complexity index is 721. The summed E-state index contributed by atoms with van der Waals surface area (Å²) in [4.78, 5) is 29.5. The summed E-state index contributed by atoms with van der Waals surface area (Å²) in [6.07, 6.45) is 4.46. The summed E-state index contributed by atoms with van der Waals surface area (Å²) in [5, 5.41) is 3.97. The van der Waals surface area contributed by atoms with Crippen molar-refractivity contribution in [3.8, 4) is 0 Å². The van der Waals surface area contributed by atoms with E-state index >= 15 is 0 Å². The average Bonchev–Trinajstić information content (AvgIpc) is 3.11. The fourth-order valence-corrected chi connectivity index (χ4v) is 3.13. The first-order valence-corrected chi connectivity index (χ1v) is 8.45. The summed E-state index contributed by atoms with van der Waals surface area (Å²) < 4.78 is 5.94. The Balaban J connectivity index is 1.48. The minimum atomic E-state index is -0.604. The molecule has 0 spiro atoms. The van der Waals surface area contributed by atoms with E-state index in [0.717, 1.165) is 32.4 Å². The van der Waals surface area contributed by atoms with Crippen LogP contribution < -0.4 is 0 Å². The summed E-state index contributed by atoms with van der Waals surface area (Å²) in [6, 6.07) is 10.5. The highest BCUT2D eigenvalue weighted by Gasteiger charge is 2.23. The molecule has 7 heteroatoms. The van der Waals surface area contributed by atoms with Crippen LogP contribution in [0.25, 0.3) is 0 Å². The average molecular weight is 342 g/mol. The molecular weight excluding hydrogens is 320 g/mol. The van der Waals surface area contributed by atoms with Crippen LogP contribution in [0.1, 0.15) is 29.0 Å². The van der Waals surface area contributed by atoms with E-state index in [-0.39, 0.29) is 18.3 Å². The van der Waals surface area contributed by atoms with Crippen LogP contribution in [0.4, 0.5) is 0 Å². The fraction of sp³-hybridized carbons (Fsp3) is 0.444. The SMILES string of the molecule is COC(=O)c1ncn(CC(=O)N2CCC(Cc3ccccc3)CC2)n1. The molecule has 1 amide bonds. The van der Waals surface area contributed by atoms with E-state index in [2.05, 4.69) is 39.1 Å². The summed E-state index contributed by atoms with van der Waals surface area (Å²) >= 11 is 0.